The van der Waals surface area contributed by atoms with Crippen molar-refractivity contribution in [1.29, 1.82) is 0 Å². The zero-order valence-electron chi connectivity index (χ0n) is 10.6. The minimum Gasteiger partial charge on any atom is -0.494 e. The summed E-state index contributed by atoms with van der Waals surface area (Å²) in [5.74, 6) is 1.29. The molecule has 0 aliphatic rings. The van der Waals surface area contributed by atoms with Gasteiger partial charge in [0.2, 0.25) is 0 Å². The molecule has 0 radical (unpaired) electrons. The lowest BCUT2D eigenvalue weighted by Crippen LogP contribution is -1.79. The lowest BCUT2D eigenvalue weighted by molar-refractivity contribution is 0.399. The van der Waals surface area contributed by atoms with Gasteiger partial charge in [-0.25, -0.2) is 4.99 Å². The van der Waals surface area contributed by atoms with Crippen molar-refractivity contribution in [1.82, 2.24) is 10.1 Å². The van der Waals surface area contributed by atoms with E-state index in [9.17, 15) is 5.11 Å². The molecule has 0 spiro atoms. The van der Waals surface area contributed by atoms with Crippen molar-refractivity contribution in [3.8, 4) is 5.88 Å². The quantitative estimate of drug-likeness (QED) is 0.690. The van der Waals surface area contributed by atoms with E-state index in [0.29, 0.717) is 17.1 Å². The van der Waals surface area contributed by atoms with Crippen LogP contribution in [0.1, 0.15) is 16.9 Å². The topological polar surface area (TPSA) is 74.4 Å². The van der Waals surface area contributed by atoms with Crippen molar-refractivity contribution >= 4 is 22.9 Å². The van der Waals surface area contributed by atoms with Gasteiger partial charge in [-0.1, -0.05) is 17.3 Å². The van der Waals surface area contributed by atoms with E-state index in [1.54, 1.807) is 19.2 Å². The smallest absolute Gasteiger partial charge is 0.198 e. The normalized spacial score (nSPS) is 11.7. The maximum Gasteiger partial charge on any atom is 0.198 e. The molecule has 3 rings (SSSR count). The molecule has 0 saturated carbocycles. The molecular weight excluding hydrogens is 242 g/mol. The second-order valence-corrected chi connectivity index (χ2v) is 4.49. The van der Waals surface area contributed by atoms with Gasteiger partial charge in [0, 0.05) is 23.2 Å². The molecule has 5 nitrogen and oxygen atoms in total. The van der Waals surface area contributed by atoms with Gasteiger partial charge in [0.05, 0.1) is 5.56 Å². The Labute approximate surface area is 109 Å². The molecule has 0 fully saturated rings. The number of H-pyrrole nitrogens is 1. The summed E-state index contributed by atoms with van der Waals surface area (Å²) in [5.41, 5.74) is 2.66. The summed E-state index contributed by atoms with van der Waals surface area (Å²) < 4.78 is 4.93. The number of nitrogens with zero attached hydrogens (tertiary/aromatic N) is 2. The van der Waals surface area contributed by atoms with E-state index < -0.39 is 0 Å². The lowest BCUT2D eigenvalue weighted by Gasteiger charge is -1.93. The van der Waals surface area contributed by atoms with Gasteiger partial charge < -0.3 is 14.6 Å². The highest BCUT2D eigenvalue weighted by molar-refractivity contribution is 6.02. The van der Waals surface area contributed by atoms with Crippen molar-refractivity contribution in [3.05, 3.63) is 41.2 Å². The van der Waals surface area contributed by atoms with E-state index in [1.807, 2.05) is 25.1 Å². The summed E-state index contributed by atoms with van der Waals surface area (Å²) in [6, 6.07) is 7.66. The number of aromatic hydroxyl groups is 1. The molecule has 0 saturated heterocycles. The second-order valence-electron chi connectivity index (χ2n) is 4.49. The Morgan fingerprint density at radius 3 is 2.89 bits per heavy atom. The highest BCUT2D eigenvalue weighted by atomic mass is 16.5. The van der Waals surface area contributed by atoms with Crippen LogP contribution in [0.2, 0.25) is 0 Å². The molecule has 2 aromatic heterocycles. The van der Waals surface area contributed by atoms with Gasteiger partial charge in [0.15, 0.2) is 11.7 Å². The van der Waals surface area contributed by atoms with Crippen LogP contribution in [0.3, 0.4) is 0 Å². The third-order valence-corrected chi connectivity index (χ3v) is 2.91. The standard InChI is InChI=1S/C14H13N3O2/c1-8-3-4-10-11(14(18)16-12(10)5-8)7-15-13-6-9(2)19-17-13/h3-7,16,18H,1-2H3. The van der Waals surface area contributed by atoms with Crippen LogP contribution in [-0.4, -0.2) is 21.5 Å². The Kier molecular flexibility index (Phi) is 2.59. The van der Waals surface area contributed by atoms with E-state index in [0.717, 1.165) is 16.5 Å². The van der Waals surface area contributed by atoms with E-state index >= 15 is 0 Å². The number of aliphatic imine (C=N–C) groups is 1. The van der Waals surface area contributed by atoms with Gasteiger partial charge in [-0.2, -0.15) is 0 Å². The van der Waals surface area contributed by atoms with Crippen molar-refractivity contribution in [2.45, 2.75) is 13.8 Å². The summed E-state index contributed by atoms with van der Waals surface area (Å²) in [4.78, 5) is 7.12. The molecule has 1 aromatic carbocycles. The summed E-state index contributed by atoms with van der Waals surface area (Å²) in [5, 5.41) is 14.6. The van der Waals surface area contributed by atoms with Gasteiger partial charge in [-0.3, -0.25) is 0 Å². The van der Waals surface area contributed by atoms with Crippen LogP contribution < -0.4 is 0 Å². The van der Waals surface area contributed by atoms with E-state index in [4.69, 9.17) is 4.52 Å². The Bertz CT molecular complexity index is 768. The van der Waals surface area contributed by atoms with Crippen molar-refractivity contribution in [2.24, 2.45) is 4.99 Å². The van der Waals surface area contributed by atoms with Crippen LogP contribution in [0.5, 0.6) is 5.88 Å². The van der Waals surface area contributed by atoms with Crippen LogP contribution in [0.4, 0.5) is 5.82 Å². The monoisotopic (exact) mass is 255 g/mol. The van der Waals surface area contributed by atoms with Gasteiger partial charge in [-0.05, 0) is 25.5 Å². The molecule has 0 unspecified atom stereocenters. The summed E-state index contributed by atoms with van der Waals surface area (Å²) in [6.45, 7) is 3.81. The minimum absolute atomic E-state index is 0.101. The summed E-state index contributed by atoms with van der Waals surface area (Å²) >= 11 is 0. The van der Waals surface area contributed by atoms with Crippen LogP contribution in [-0.2, 0) is 0 Å². The van der Waals surface area contributed by atoms with E-state index in [2.05, 4.69) is 15.1 Å². The first-order chi connectivity index (χ1) is 9.13. The van der Waals surface area contributed by atoms with Crippen molar-refractivity contribution in [3.63, 3.8) is 0 Å². The lowest BCUT2D eigenvalue weighted by atomic mass is 10.1. The number of benzene rings is 1. The largest absolute Gasteiger partial charge is 0.494 e. The first-order valence-corrected chi connectivity index (χ1v) is 5.92. The SMILES string of the molecule is Cc1ccc2c(C=Nc3cc(C)on3)c(O)[nH]c2c1. The molecular formula is C14H13N3O2. The average Bonchev–Trinajstić information content (AvgIpc) is 2.89. The number of aryl methyl sites for hydroxylation is 2. The zero-order valence-corrected chi connectivity index (χ0v) is 10.6. The van der Waals surface area contributed by atoms with Crippen LogP contribution in [0.25, 0.3) is 10.9 Å². The Balaban J connectivity index is 2.05. The van der Waals surface area contributed by atoms with Gasteiger partial charge in [0.1, 0.15) is 5.76 Å². The minimum atomic E-state index is 0.101. The van der Waals surface area contributed by atoms with Gasteiger partial charge in [-0.15, -0.1) is 0 Å². The van der Waals surface area contributed by atoms with Crippen LogP contribution in [0, 0.1) is 13.8 Å². The Morgan fingerprint density at radius 1 is 1.32 bits per heavy atom. The Hall–Kier alpha value is -2.56. The Morgan fingerprint density at radius 2 is 2.16 bits per heavy atom. The van der Waals surface area contributed by atoms with Crippen molar-refractivity contribution in [2.75, 3.05) is 0 Å². The predicted octanol–water partition coefficient (Wildman–Crippen LogP) is 3.23. The van der Waals surface area contributed by atoms with E-state index in [1.165, 1.54) is 0 Å². The maximum absolute atomic E-state index is 9.92. The molecule has 96 valence electrons. The fourth-order valence-corrected chi connectivity index (χ4v) is 1.99. The molecule has 0 aliphatic carbocycles. The number of hydrogen-bond donors (Lipinski definition) is 2. The fourth-order valence-electron chi connectivity index (χ4n) is 1.99. The number of fused-ring (bicyclic) bond motifs is 1. The predicted molar refractivity (Wildman–Crippen MR) is 73.2 cm³/mol. The van der Waals surface area contributed by atoms with Crippen LogP contribution in [0.15, 0.2) is 33.8 Å². The zero-order chi connectivity index (χ0) is 13.4. The molecule has 19 heavy (non-hydrogen) atoms. The molecule has 0 bridgehead atoms. The third kappa shape index (κ3) is 2.10. The number of aromatic amines is 1. The van der Waals surface area contributed by atoms with Gasteiger partial charge in [0.25, 0.3) is 0 Å². The number of aromatic nitrogens is 2. The van der Waals surface area contributed by atoms with Crippen LogP contribution >= 0.6 is 0 Å². The molecule has 0 atom stereocenters. The highest BCUT2D eigenvalue weighted by Crippen LogP contribution is 2.26. The highest BCUT2D eigenvalue weighted by Gasteiger charge is 2.09. The average molecular weight is 255 g/mol. The fraction of sp³-hybridized carbons (Fsp3) is 0.143. The molecule has 0 amide bonds. The number of rotatable bonds is 2. The van der Waals surface area contributed by atoms with Crippen molar-refractivity contribution < 1.29 is 9.63 Å². The summed E-state index contributed by atoms with van der Waals surface area (Å²) in [7, 11) is 0. The number of nitrogens with one attached hydrogen (secondary N) is 1. The molecule has 0 aliphatic heterocycles. The number of hydrogen-bond acceptors (Lipinski definition) is 4. The molecule has 3 aromatic rings. The first-order valence-electron chi connectivity index (χ1n) is 5.92. The molecule has 2 N–H and O–H groups in total. The maximum atomic E-state index is 9.92. The van der Waals surface area contributed by atoms with E-state index in [-0.39, 0.29) is 5.88 Å². The first kappa shape index (κ1) is 11.5. The molecule has 2 heterocycles. The molecule has 5 heteroatoms. The third-order valence-electron chi connectivity index (χ3n) is 2.91. The summed E-state index contributed by atoms with van der Waals surface area (Å²) in [6.07, 6.45) is 1.58. The second kappa shape index (κ2) is 4.28. The van der Waals surface area contributed by atoms with Gasteiger partial charge >= 0.3 is 0 Å².